The summed E-state index contributed by atoms with van der Waals surface area (Å²) >= 11 is 0. The van der Waals surface area contributed by atoms with Crippen LogP contribution in [0.5, 0.6) is 5.75 Å². The van der Waals surface area contributed by atoms with Crippen LogP contribution in [0, 0.1) is 10.1 Å². The third kappa shape index (κ3) is 4.49. The van der Waals surface area contributed by atoms with Crippen LogP contribution in [0.25, 0.3) is 0 Å². The Kier molecular flexibility index (Phi) is 6.49. The van der Waals surface area contributed by atoms with E-state index in [1.165, 1.54) is 12.1 Å². The molecule has 0 heterocycles. The fourth-order valence-corrected chi connectivity index (χ4v) is 0.970. The summed E-state index contributed by atoms with van der Waals surface area (Å²) in [5, 5.41) is 10.2. The van der Waals surface area contributed by atoms with Crippen LogP contribution >= 0.6 is 0 Å². The van der Waals surface area contributed by atoms with Crippen molar-refractivity contribution in [2.45, 2.75) is 0 Å². The molecule has 1 aromatic carbocycles. The van der Waals surface area contributed by atoms with Crippen LogP contribution in [0.2, 0.25) is 0 Å². The summed E-state index contributed by atoms with van der Waals surface area (Å²) in [6.45, 7) is 0. The van der Waals surface area contributed by atoms with Gasteiger partial charge in [0.2, 0.25) is 0 Å². The number of non-ortho nitro benzene ring substituents is 1. The van der Waals surface area contributed by atoms with Gasteiger partial charge in [0.05, 0.1) is 4.92 Å². The van der Waals surface area contributed by atoms with E-state index in [9.17, 15) is 18.5 Å². The number of nitrogens with zero attached hydrogens (tertiary/aromatic N) is 1. The number of nitro groups is 1. The molecule has 6 nitrogen and oxygen atoms in total. The van der Waals surface area contributed by atoms with Crippen molar-refractivity contribution in [2.24, 2.45) is 0 Å². The Morgan fingerprint density at radius 1 is 1.21 bits per heavy atom. The molecule has 0 N–H and O–H groups in total. The first kappa shape index (κ1) is 14.0. The molecule has 0 aromatic heterocycles. The number of nitro benzene ring substituents is 1. The van der Waals surface area contributed by atoms with Gasteiger partial charge in [0.15, 0.2) is 0 Å². The SMILES string of the molecule is O=[N+]([O-])c1ccc(O[S-](=O)=O)cc1.[K+]. The topological polar surface area (TPSA) is 86.5 Å². The van der Waals surface area contributed by atoms with E-state index < -0.39 is 15.9 Å². The number of benzene rings is 1. The monoisotopic (exact) mass is 241 g/mol. The van der Waals surface area contributed by atoms with E-state index in [0.29, 0.717) is 0 Å². The van der Waals surface area contributed by atoms with Crippen molar-refractivity contribution < 1.29 is 68.9 Å². The Hall–Kier alpha value is 0.00636. The average Bonchev–Trinajstić information content (AvgIpc) is 2.04. The van der Waals surface area contributed by atoms with Crippen LogP contribution in [0.3, 0.4) is 0 Å². The molecule has 14 heavy (non-hydrogen) atoms. The van der Waals surface area contributed by atoms with E-state index in [2.05, 4.69) is 4.18 Å². The first-order valence-electron chi connectivity index (χ1n) is 3.11. The molecule has 0 fully saturated rings. The van der Waals surface area contributed by atoms with Gasteiger partial charge < -0.3 is 12.6 Å². The summed E-state index contributed by atoms with van der Waals surface area (Å²) in [4.78, 5) is 9.59. The summed E-state index contributed by atoms with van der Waals surface area (Å²) in [5.41, 5.74) is -0.121. The zero-order valence-electron chi connectivity index (χ0n) is 7.21. The van der Waals surface area contributed by atoms with Crippen LogP contribution in [-0.2, 0) is 19.4 Å². The molecule has 0 aliphatic heterocycles. The maximum absolute atomic E-state index is 10.2. The Morgan fingerprint density at radius 2 is 1.71 bits per heavy atom. The standard InChI is InChI=1S/C6H4NO5S.K/c8-7(9)5-1-3-6(4-2-5)12-13(10)11;/h1-4H;/q-1;+1. The largest absolute Gasteiger partial charge is 1.00 e. The molecular formula is C6H4KNO5S. The molecular weight excluding hydrogens is 237 g/mol. The third-order valence-corrected chi connectivity index (χ3v) is 1.54. The predicted molar refractivity (Wildman–Crippen MR) is 42.5 cm³/mol. The van der Waals surface area contributed by atoms with Gasteiger partial charge >= 0.3 is 51.4 Å². The Morgan fingerprint density at radius 3 is 2.07 bits per heavy atom. The van der Waals surface area contributed by atoms with Crippen molar-refractivity contribution in [3.63, 3.8) is 0 Å². The van der Waals surface area contributed by atoms with Crippen molar-refractivity contribution in [1.82, 2.24) is 0 Å². The van der Waals surface area contributed by atoms with Gasteiger partial charge in [-0.1, -0.05) is 0 Å². The maximum atomic E-state index is 10.2. The minimum absolute atomic E-state index is 0. The van der Waals surface area contributed by atoms with Crippen LogP contribution in [0.4, 0.5) is 5.69 Å². The smallest absolute Gasteiger partial charge is 0.533 e. The molecule has 8 heteroatoms. The summed E-state index contributed by atoms with van der Waals surface area (Å²) in [6, 6.07) is 4.71. The van der Waals surface area contributed by atoms with Crippen LogP contribution in [0.15, 0.2) is 24.3 Å². The van der Waals surface area contributed by atoms with E-state index in [1.807, 2.05) is 0 Å². The molecule has 0 radical (unpaired) electrons. The summed E-state index contributed by atoms with van der Waals surface area (Å²) in [6.07, 6.45) is 0. The second-order valence-corrected chi connectivity index (χ2v) is 2.61. The molecule has 0 amide bonds. The number of rotatable bonds is 3. The minimum Gasteiger partial charge on any atom is -0.533 e. The van der Waals surface area contributed by atoms with Crippen LogP contribution in [0.1, 0.15) is 0 Å². The summed E-state index contributed by atoms with van der Waals surface area (Å²) < 4.78 is 24.3. The molecule has 0 spiro atoms. The van der Waals surface area contributed by atoms with Crippen molar-refractivity contribution in [3.8, 4) is 5.75 Å². The van der Waals surface area contributed by atoms with Crippen molar-refractivity contribution in [3.05, 3.63) is 34.4 Å². The molecule has 1 rings (SSSR count). The van der Waals surface area contributed by atoms with Gasteiger partial charge in [0.1, 0.15) is 16.7 Å². The first-order chi connectivity index (χ1) is 6.09. The minimum atomic E-state index is -2.65. The van der Waals surface area contributed by atoms with E-state index in [1.54, 1.807) is 0 Å². The van der Waals surface area contributed by atoms with Gasteiger partial charge in [0.25, 0.3) is 5.69 Å². The average molecular weight is 241 g/mol. The fraction of sp³-hybridized carbons (Fsp3) is 0. The Balaban J connectivity index is 0.00000169. The molecule has 0 bridgehead atoms. The van der Waals surface area contributed by atoms with Crippen molar-refractivity contribution in [1.29, 1.82) is 0 Å². The summed E-state index contributed by atoms with van der Waals surface area (Å²) in [5.74, 6) is 0.0407. The quantitative estimate of drug-likeness (QED) is 0.270. The van der Waals surface area contributed by atoms with Gasteiger partial charge in [0, 0.05) is 12.1 Å². The number of hydrogen-bond acceptors (Lipinski definition) is 6. The van der Waals surface area contributed by atoms with Crippen LogP contribution < -0.4 is 55.6 Å². The Labute approximate surface area is 124 Å². The molecule has 0 atom stereocenters. The number of hydrogen-bond donors (Lipinski definition) is 0. The molecule has 0 unspecified atom stereocenters. The first-order valence-corrected chi connectivity index (χ1v) is 4.11. The molecule has 0 saturated carbocycles. The van der Waals surface area contributed by atoms with E-state index in [0.717, 1.165) is 12.1 Å². The zero-order valence-corrected chi connectivity index (χ0v) is 11.1. The second kappa shape index (κ2) is 6.48. The molecule has 0 aliphatic carbocycles. The van der Waals surface area contributed by atoms with Gasteiger partial charge in [-0.3, -0.25) is 10.1 Å². The zero-order chi connectivity index (χ0) is 9.84. The van der Waals surface area contributed by atoms with E-state index >= 15 is 0 Å². The van der Waals surface area contributed by atoms with Crippen LogP contribution in [-0.4, -0.2) is 4.92 Å². The normalized spacial score (nSPS) is 9.21. The maximum Gasteiger partial charge on any atom is 1.00 e. The van der Waals surface area contributed by atoms with E-state index in [4.69, 9.17) is 0 Å². The predicted octanol–water partition coefficient (Wildman–Crippen LogP) is -1.80. The molecule has 0 saturated heterocycles. The molecule has 70 valence electrons. The molecule has 1 aromatic rings. The summed E-state index contributed by atoms with van der Waals surface area (Å²) in [7, 11) is -2.65. The van der Waals surface area contributed by atoms with Crippen molar-refractivity contribution >= 4 is 16.7 Å². The molecule has 0 aliphatic rings. The van der Waals surface area contributed by atoms with E-state index in [-0.39, 0.29) is 62.8 Å². The van der Waals surface area contributed by atoms with Crippen molar-refractivity contribution in [2.75, 3.05) is 0 Å². The van der Waals surface area contributed by atoms with Gasteiger partial charge in [-0.15, -0.1) is 0 Å². The third-order valence-electron chi connectivity index (χ3n) is 1.21. The van der Waals surface area contributed by atoms with Gasteiger partial charge in [-0.25, -0.2) is 0 Å². The fourth-order valence-electron chi connectivity index (χ4n) is 0.702. The van der Waals surface area contributed by atoms with Gasteiger partial charge in [-0.05, 0) is 12.1 Å². The Bertz CT molecular complexity index is 380. The van der Waals surface area contributed by atoms with Gasteiger partial charge in [-0.2, -0.15) is 0 Å². The second-order valence-electron chi connectivity index (χ2n) is 2.04.